The van der Waals surface area contributed by atoms with E-state index in [1.54, 1.807) is 0 Å². The molecule has 0 heterocycles. The lowest BCUT2D eigenvalue weighted by Gasteiger charge is -2.04. The Kier molecular flexibility index (Phi) is 4.66. The van der Waals surface area contributed by atoms with Crippen molar-refractivity contribution in [3.63, 3.8) is 0 Å². The van der Waals surface area contributed by atoms with Gasteiger partial charge in [-0.2, -0.15) is 15.3 Å². The van der Waals surface area contributed by atoms with Crippen molar-refractivity contribution in [3.05, 3.63) is 91.0 Å². The fourth-order valence-electron chi connectivity index (χ4n) is 2.69. The molecule has 27 heavy (non-hydrogen) atoms. The van der Waals surface area contributed by atoms with Crippen LogP contribution < -0.4 is 5.73 Å². The summed E-state index contributed by atoms with van der Waals surface area (Å²) in [6, 6.07) is 28.8. The predicted octanol–water partition coefficient (Wildman–Crippen LogP) is 7.25. The molecular weight excluding hydrogens is 334 g/mol. The van der Waals surface area contributed by atoms with Crippen LogP contribution in [0.2, 0.25) is 0 Å². The summed E-state index contributed by atoms with van der Waals surface area (Å²) >= 11 is 0. The van der Waals surface area contributed by atoms with Gasteiger partial charge in [0.2, 0.25) is 0 Å². The van der Waals surface area contributed by atoms with Gasteiger partial charge >= 0.3 is 0 Å². The Morgan fingerprint density at radius 1 is 0.481 bits per heavy atom. The largest absolute Gasteiger partial charge is 0.397 e. The number of rotatable bonds is 4. The first kappa shape index (κ1) is 16.6. The molecule has 0 aliphatic heterocycles. The molecule has 5 heteroatoms. The maximum Gasteiger partial charge on any atom is 0.116 e. The van der Waals surface area contributed by atoms with E-state index in [0.717, 1.165) is 27.8 Å². The van der Waals surface area contributed by atoms with Gasteiger partial charge in [0.1, 0.15) is 5.69 Å². The van der Waals surface area contributed by atoms with E-state index in [2.05, 4.69) is 20.5 Å². The molecular formula is C22H17N5. The fourth-order valence-corrected chi connectivity index (χ4v) is 2.69. The van der Waals surface area contributed by atoms with E-state index in [1.165, 1.54) is 0 Å². The van der Waals surface area contributed by atoms with Gasteiger partial charge in [-0.05, 0) is 47.9 Å². The van der Waals surface area contributed by atoms with Crippen LogP contribution in [0.3, 0.4) is 0 Å². The summed E-state index contributed by atoms with van der Waals surface area (Å²) < 4.78 is 0. The quantitative estimate of drug-likeness (QED) is 0.305. The molecule has 0 atom stereocenters. The maximum atomic E-state index is 6.09. The summed E-state index contributed by atoms with van der Waals surface area (Å²) in [6.45, 7) is 0. The van der Waals surface area contributed by atoms with Gasteiger partial charge in [-0.3, -0.25) is 0 Å². The van der Waals surface area contributed by atoms with Gasteiger partial charge in [0.15, 0.2) is 0 Å². The molecule has 0 unspecified atom stereocenters. The highest BCUT2D eigenvalue weighted by molar-refractivity contribution is 5.97. The van der Waals surface area contributed by atoms with Crippen molar-refractivity contribution in [3.8, 4) is 0 Å². The average molecular weight is 351 g/mol. The lowest BCUT2D eigenvalue weighted by molar-refractivity contribution is 1.21. The Morgan fingerprint density at radius 3 is 1.74 bits per heavy atom. The van der Waals surface area contributed by atoms with Crippen LogP contribution in [-0.4, -0.2) is 0 Å². The summed E-state index contributed by atoms with van der Waals surface area (Å²) in [4.78, 5) is 0. The van der Waals surface area contributed by atoms with E-state index in [-0.39, 0.29) is 0 Å². The van der Waals surface area contributed by atoms with E-state index < -0.39 is 0 Å². The van der Waals surface area contributed by atoms with Crippen molar-refractivity contribution in [1.29, 1.82) is 0 Å². The number of hydrogen-bond acceptors (Lipinski definition) is 5. The maximum absolute atomic E-state index is 6.09. The second-order valence-electron chi connectivity index (χ2n) is 5.98. The molecule has 0 saturated heterocycles. The van der Waals surface area contributed by atoms with E-state index in [4.69, 9.17) is 5.73 Å². The first-order chi connectivity index (χ1) is 13.3. The van der Waals surface area contributed by atoms with Crippen molar-refractivity contribution in [2.75, 3.05) is 5.73 Å². The standard InChI is InChI=1S/C22H17N5/c23-21-15-10-16-6-4-5-9-20(16)22(21)27-26-19-13-11-18(12-14-19)25-24-17-7-2-1-3-8-17/h1-15H,23H2/b25-24+,27-26+. The Morgan fingerprint density at radius 2 is 1.04 bits per heavy atom. The van der Waals surface area contributed by atoms with Crippen molar-refractivity contribution in [2.45, 2.75) is 0 Å². The van der Waals surface area contributed by atoms with E-state index in [9.17, 15) is 0 Å². The zero-order valence-electron chi connectivity index (χ0n) is 14.5. The Labute approximate surface area is 156 Å². The number of azo groups is 2. The average Bonchev–Trinajstić information content (AvgIpc) is 2.73. The molecule has 0 aliphatic carbocycles. The van der Waals surface area contributed by atoms with Crippen molar-refractivity contribution >= 4 is 39.2 Å². The van der Waals surface area contributed by atoms with Crippen LogP contribution in [0.15, 0.2) is 111 Å². The number of nitrogens with two attached hydrogens (primary N) is 1. The number of hydrogen-bond donors (Lipinski definition) is 1. The van der Waals surface area contributed by atoms with Crippen molar-refractivity contribution in [1.82, 2.24) is 0 Å². The third-order valence-corrected chi connectivity index (χ3v) is 4.08. The van der Waals surface area contributed by atoms with E-state index >= 15 is 0 Å². The molecule has 4 aromatic rings. The topological polar surface area (TPSA) is 75.5 Å². The molecule has 0 spiro atoms. The van der Waals surface area contributed by atoms with Gasteiger partial charge in [0.05, 0.1) is 22.7 Å². The zero-order valence-corrected chi connectivity index (χ0v) is 14.5. The van der Waals surface area contributed by atoms with Gasteiger partial charge in [-0.25, -0.2) is 0 Å². The highest BCUT2D eigenvalue weighted by Gasteiger charge is 2.04. The molecule has 5 nitrogen and oxygen atoms in total. The first-order valence-electron chi connectivity index (χ1n) is 8.55. The Hall–Kier alpha value is -3.86. The smallest absolute Gasteiger partial charge is 0.116 e. The second-order valence-corrected chi connectivity index (χ2v) is 5.98. The normalized spacial score (nSPS) is 11.6. The number of benzene rings is 4. The third kappa shape index (κ3) is 3.88. The molecule has 0 fully saturated rings. The second kappa shape index (κ2) is 7.58. The number of anilines is 1. The molecule has 0 amide bonds. The molecule has 4 rings (SSSR count). The van der Waals surface area contributed by atoms with E-state index in [1.807, 2.05) is 91.0 Å². The lowest BCUT2D eigenvalue weighted by Crippen LogP contribution is -1.85. The number of nitrogens with zero attached hydrogens (tertiary/aromatic N) is 4. The number of fused-ring (bicyclic) bond motifs is 1. The first-order valence-corrected chi connectivity index (χ1v) is 8.55. The molecule has 0 aromatic heterocycles. The molecule has 4 aromatic carbocycles. The monoisotopic (exact) mass is 351 g/mol. The number of nitrogen functional groups attached to an aromatic ring is 1. The zero-order chi connectivity index (χ0) is 18.5. The van der Waals surface area contributed by atoms with Gasteiger partial charge < -0.3 is 5.73 Å². The lowest BCUT2D eigenvalue weighted by atomic mass is 10.1. The molecule has 130 valence electrons. The molecule has 0 aliphatic rings. The van der Waals surface area contributed by atoms with Crippen molar-refractivity contribution < 1.29 is 0 Å². The third-order valence-electron chi connectivity index (χ3n) is 4.08. The molecule has 0 bridgehead atoms. The van der Waals surface area contributed by atoms with Crippen LogP contribution in [0.5, 0.6) is 0 Å². The van der Waals surface area contributed by atoms with Gasteiger partial charge in [0, 0.05) is 5.39 Å². The summed E-state index contributed by atoms with van der Waals surface area (Å²) in [5.41, 5.74) is 9.66. The minimum Gasteiger partial charge on any atom is -0.397 e. The van der Waals surface area contributed by atoms with Crippen LogP contribution >= 0.6 is 0 Å². The minimum atomic E-state index is 0.603. The van der Waals surface area contributed by atoms with E-state index in [0.29, 0.717) is 11.4 Å². The predicted molar refractivity (Wildman–Crippen MR) is 110 cm³/mol. The Bertz CT molecular complexity index is 1120. The minimum absolute atomic E-state index is 0.603. The van der Waals surface area contributed by atoms with Crippen molar-refractivity contribution in [2.24, 2.45) is 20.5 Å². The van der Waals surface area contributed by atoms with Crippen LogP contribution in [0.25, 0.3) is 10.8 Å². The highest BCUT2D eigenvalue weighted by Crippen LogP contribution is 2.33. The SMILES string of the molecule is Nc1ccc2ccccc2c1/N=N/c1ccc(/N=N/c2ccccc2)cc1. The molecule has 2 N–H and O–H groups in total. The Balaban J connectivity index is 1.55. The summed E-state index contributed by atoms with van der Waals surface area (Å²) in [5.74, 6) is 0. The summed E-state index contributed by atoms with van der Waals surface area (Å²) in [5, 5.41) is 19.2. The van der Waals surface area contributed by atoms with Crippen LogP contribution in [0.4, 0.5) is 28.4 Å². The van der Waals surface area contributed by atoms with Gasteiger partial charge in [-0.1, -0.05) is 48.5 Å². The van der Waals surface area contributed by atoms with Gasteiger partial charge in [0.25, 0.3) is 0 Å². The fraction of sp³-hybridized carbons (Fsp3) is 0. The molecule has 0 radical (unpaired) electrons. The van der Waals surface area contributed by atoms with Crippen LogP contribution in [0, 0.1) is 0 Å². The molecule has 0 saturated carbocycles. The summed E-state index contributed by atoms with van der Waals surface area (Å²) in [7, 11) is 0. The summed E-state index contributed by atoms with van der Waals surface area (Å²) in [6.07, 6.45) is 0. The highest BCUT2D eigenvalue weighted by atomic mass is 15.1. The van der Waals surface area contributed by atoms with Crippen LogP contribution in [0.1, 0.15) is 0 Å². The van der Waals surface area contributed by atoms with Gasteiger partial charge in [-0.15, -0.1) is 5.11 Å². The van der Waals surface area contributed by atoms with Crippen LogP contribution in [-0.2, 0) is 0 Å².